The maximum Gasteiger partial charge on any atom is 0.0555 e. The van der Waals surface area contributed by atoms with E-state index in [1.807, 2.05) is 20.2 Å². The summed E-state index contributed by atoms with van der Waals surface area (Å²) in [6, 6.07) is 6.23. The van der Waals surface area contributed by atoms with Crippen molar-refractivity contribution in [3.05, 3.63) is 23.8 Å². The molecular formula is C10H17BrN4S. The summed E-state index contributed by atoms with van der Waals surface area (Å²) in [5.41, 5.74) is 11.4. The van der Waals surface area contributed by atoms with Gasteiger partial charge in [-0.05, 0) is 25.4 Å². The van der Waals surface area contributed by atoms with Gasteiger partial charge in [0.1, 0.15) is 0 Å². The SMILES string of the molecule is CNNN(C)Nc1cccc(SC)c1CBr. The number of hydrazine groups is 3. The molecule has 90 valence electrons. The second-order valence-electron chi connectivity index (χ2n) is 3.15. The zero-order chi connectivity index (χ0) is 12.0. The van der Waals surface area contributed by atoms with Crippen molar-refractivity contribution < 1.29 is 0 Å². The van der Waals surface area contributed by atoms with E-state index in [2.05, 4.69) is 50.7 Å². The molecule has 0 spiro atoms. The van der Waals surface area contributed by atoms with E-state index >= 15 is 0 Å². The summed E-state index contributed by atoms with van der Waals surface area (Å²) in [6.07, 6.45) is 2.08. The van der Waals surface area contributed by atoms with Gasteiger partial charge in [-0.3, -0.25) is 0 Å². The summed E-state index contributed by atoms with van der Waals surface area (Å²) in [7, 11) is 3.72. The van der Waals surface area contributed by atoms with Crippen molar-refractivity contribution in [2.45, 2.75) is 10.2 Å². The number of thioether (sulfide) groups is 1. The predicted octanol–water partition coefficient (Wildman–Crippen LogP) is 2.20. The number of benzene rings is 1. The smallest absolute Gasteiger partial charge is 0.0555 e. The molecule has 0 atom stereocenters. The highest BCUT2D eigenvalue weighted by atomic mass is 79.9. The van der Waals surface area contributed by atoms with Gasteiger partial charge in [-0.25, -0.2) is 5.43 Å². The van der Waals surface area contributed by atoms with Crippen molar-refractivity contribution in [3.8, 4) is 0 Å². The fraction of sp³-hybridized carbons (Fsp3) is 0.400. The summed E-state index contributed by atoms with van der Waals surface area (Å²) in [4.78, 5) is 1.28. The average molecular weight is 305 g/mol. The molecular weight excluding hydrogens is 288 g/mol. The van der Waals surface area contributed by atoms with E-state index in [1.165, 1.54) is 10.5 Å². The molecule has 0 radical (unpaired) electrons. The van der Waals surface area contributed by atoms with Crippen LogP contribution in [-0.4, -0.2) is 25.5 Å². The molecule has 0 aliphatic carbocycles. The maximum atomic E-state index is 3.52. The van der Waals surface area contributed by atoms with Crippen LogP contribution in [0.5, 0.6) is 0 Å². The van der Waals surface area contributed by atoms with Gasteiger partial charge >= 0.3 is 0 Å². The van der Waals surface area contributed by atoms with Crippen LogP contribution in [0.1, 0.15) is 5.56 Å². The highest BCUT2D eigenvalue weighted by molar-refractivity contribution is 9.08. The van der Waals surface area contributed by atoms with Gasteiger partial charge in [-0.15, -0.1) is 16.9 Å². The number of anilines is 1. The molecule has 1 rings (SSSR count). The van der Waals surface area contributed by atoms with Crippen molar-refractivity contribution in [2.75, 3.05) is 25.8 Å². The summed E-state index contributed by atoms with van der Waals surface area (Å²) in [6.45, 7) is 0. The molecule has 0 aliphatic rings. The first-order chi connectivity index (χ1) is 7.72. The molecule has 0 saturated heterocycles. The third kappa shape index (κ3) is 3.64. The minimum absolute atomic E-state index is 0.833. The number of alkyl halides is 1. The summed E-state index contributed by atoms with van der Waals surface area (Å²) in [5, 5.41) is 2.60. The Morgan fingerprint density at radius 2 is 2.19 bits per heavy atom. The largest absolute Gasteiger partial charge is 0.304 e. The lowest BCUT2D eigenvalue weighted by Crippen LogP contribution is -2.45. The van der Waals surface area contributed by atoms with Gasteiger partial charge < -0.3 is 5.43 Å². The van der Waals surface area contributed by atoms with Gasteiger partial charge in [0.25, 0.3) is 0 Å². The molecule has 1 aromatic carbocycles. The van der Waals surface area contributed by atoms with E-state index in [4.69, 9.17) is 0 Å². The minimum atomic E-state index is 0.833. The molecule has 0 bridgehead atoms. The average Bonchev–Trinajstić information content (AvgIpc) is 2.29. The standard InChI is InChI=1S/C10H17BrN4S/c1-12-14-15(2)13-9-5-4-6-10(16-3)8(9)7-11/h4-6,12-14H,7H2,1-3H3. The molecule has 1 aromatic rings. The first-order valence-electron chi connectivity index (χ1n) is 4.87. The highest BCUT2D eigenvalue weighted by Gasteiger charge is 2.07. The first-order valence-corrected chi connectivity index (χ1v) is 7.22. The van der Waals surface area contributed by atoms with Crippen molar-refractivity contribution in [1.82, 2.24) is 16.1 Å². The number of nitrogens with one attached hydrogen (secondary N) is 3. The van der Waals surface area contributed by atoms with Gasteiger partial charge in [0.2, 0.25) is 0 Å². The monoisotopic (exact) mass is 304 g/mol. The van der Waals surface area contributed by atoms with Crippen LogP contribution >= 0.6 is 27.7 Å². The summed E-state index contributed by atoms with van der Waals surface area (Å²) in [5.74, 6) is 0. The number of rotatable bonds is 6. The third-order valence-corrected chi connectivity index (χ3v) is 3.44. The second kappa shape index (κ2) is 7.13. The Bertz CT molecular complexity index is 335. The van der Waals surface area contributed by atoms with E-state index in [-0.39, 0.29) is 0 Å². The lowest BCUT2D eigenvalue weighted by Gasteiger charge is -2.22. The molecule has 0 amide bonds. The first kappa shape index (κ1) is 13.8. The van der Waals surface area contributed by atoms with Crippen LogP contribution in [0.2, 0.25) is 0 Å². The van der Waals surface area contributed by atoms with E-state index in [1.54, 1.807) is 16.9 Å². The predicted molar refractivity (Wildman–Crippen MR) is 74.4 cm³/mol. The maximum absolute atomic E-state index is 3.52. The molecule has 0 saturated carbocycles. The van der Waals surface area contributed by atoms with Crippen LogP contribution in [0.15, 0.2) is 23.1 Å². The topological polar surface area (TPSA) is 39.3 Å². The van der Waals surface area contributed by atoms with Crippen LogP contribution in [0.3, 0.4) is 0 Å². The minimum Gasteiger partial charge on any atom is -0.304 e. The molecule has 16 heavy (non-hydrogen) atoms. The normalized spacial score (nSPS) is 10.8. The Kier molecular flexibility index (Phi) is 6.15. The Morgan fingerprint density at radius 3 is 2.75 bits per heavy atom. The summed E-state index contributed by atoms with van der Waals surface area (Å²) < 4.78 is 0. The van der Waals surface area contributed by atoms with Gasteiger partial charge in [-0.1, -0.05) is 22.0 Å². The van der Waals surface area contributed by atoms with Crippen LogP contribution in [0.4, 0.5) is 5.69 Å². The Balaban J connectivity index is 2.86. The molecule has 6 heteroatoms. The third-order valence-electron chi connectivity index (χ3n) is 2.05. The number of hydrogen-bond donors (Lipinski definition) is 3. The molecule has 0 fully saturated rings. The highest BCUT2D eigenvalue weighted by Crippen LogP contribution is 2.29. The number of nitrogens with zero attached hydrogens (tertiary/aromatic N) is 1. The lowest BCUT2D eigenvalue weighted by molar-refractivity contribution is 0.247. The fourth-order valence-corrected chi connectivity index (χ4v) is 2.81. The van der Waals surface area contributed by atoms with Gasteiger partial charge in [0.05, 0.1) is 5.69 Å². The second-order valence-corrected chi connectivity index (χ2v) is 4.56. The Labute approximate surface area is 109 Å². The molecule has 0 heterocycles. The van der Waals surface area contributed by atoms with E-state index in [0.717, 1.165) is 11.0 Å². The van der Waals surface area contributed by atoms with Crippen LogP contribution in [0, 0.1) is 0 Å². The molecule has 0 unspecified atom stereocenters. The molecule has 4 nitrogen and oxygen atoms in total. The van der Waals surface area contributed by atoms with Gasteiger partial charge in [0.15, 0.2) is 0 Å². The zero-order valence-corrected chi connectivity index (χ0v) is 12.1. The van der Waals surface area contributed by atoms with Crippen molar-refractivity contribution in [2.24, 2.45) is 0 Å². The Hall–Kier alpha value is -0.270. The lowest BCUT2D eigenvalue weighted by atomic mass is 10.2. The quantitative estimate of drug-likeness (QED) is 0.427. The molecule has 0 aliphatic heterocycles. The van der Waals surface area contributed by atoms with Crippen molar-refractivity contribution in [1.29, 1.82) is 0 Å². The summed E-state index contributed by atoms with van der Waals surface area (Å²) >= 11 is 5.27. The van der Waals surface area contributed by atoms with Gasteiger partial charge in [-0.2, -0.15) is 5.53 Å². The van der Waals surface area contributed by atoms with E-state index in [9.17, 15) is 0 Å². The van der Waals surface area contributed by atoms with Crippen molar-refractivity contribution in [3.63, 3.8) is 0 Å². The molecule has 0 aromatic heterocycles. The number of hydrogen-bond acceptors (Lipinski definition) is 5. The van der Waals surface area contributed by atoms with Crippen molar-refractivity contribution >= 4 is 33.4 Å². The van der Waals surface area contributed by atoms with Crippen LogP contribution in [-0.2, 0) is 5.33 Å². The van der Waals surface area contributed by atoms with Crippen LogP contribution < -0.4 is 16.4 Å². The van der Waals surface area contributed by atoms with E-state index < -0.39 is 0 Å². The van der Waals surface area contributed by atoms with E-state index in [0.29, 0.717) is 0 Å². The zero-order valence-electron chi connectivity index (χ0n) is 9.67. The van der Waals surface area contributed by atoms with Crippen LogP contribution in [0.25, 0.3) is 0 Å². The number of halogens is 1. The Morgan fingerprint density at radius 1 is 1.44 bits per heavy atom. The molecule has 3 N–H and O–H groups in total. The van der Waals surface area contributed by atoms with Gasteiger partial charge in [0, 0.05) is 22.8 Å². The fourth-order valence-electron chi connectivity index (χ4n) is 1.38.